The minimum Gasteiger partial charge on any atom is -0.390 e. The Morgan fingerprint density at radius 1 is 1.15 bits per heavy atom. The van der Waals surface area contributed by atoms with Crippen LogP contribution in [0.4, 0.5) is 5.69 Å². The van der Waals surface area contributed by atoms with Crippen LogP contribution in [0, 0.1) is 0 Å². The second-order valence-electron chi connectivity index (χ2n) is 5.51. The van der Waals surface area contributed by atoms with Gasteiger partial charge in [0.1, 0.15) is 6.10 Å². The van der Waals surface area contributed by atoms with Crippen molar-refractivity contribution in [1.82, 2.24) is 5.32 Å². The van der Waals surface area contributed by atoms with E-state index in [-0.39, 0.29) is 0 Å². The van der Waals surface area contributed by atoms with Crippen LogP contribution in [0.3, 0.4) is 0 Å². The van der Waals surface area contributed by atoms with Gasteiger partial charge in [0.15, 0.2) is 0 Å². The van der Waals surface area contributed by atoms with Gasteiger partial charge in [-0.25, -0.2) is 0 Å². The summed E-state index contributed by atoms with van der Waals surface area (Å²) in [6.45, 7) is 2.77. The topological polar surface area (TPSA) is 55.7 Å². The van der Waals surface area contributed by atoms with Crippen LogP contribution < -0.4 is 10.2 Å². The summed E-state index contributed by atoms with van der Waals surface area (Å²) in [7, 11) is 1.85. The van der Waals surface area contributed by atoms with E-state index in [0.717, 1.165) is 24.3 Å². The van der Waals surface area contributed by atoms with Crippen molar-refractivity contribution >= 4 is 5.69 Å². The molecule has 0 spiro atoms. The van der Waals surface area contributed by atoms with Crippen LogP contribution in [0.2, 0.25) is 0 Å². The normalized spacial score (nSPS) is 18.9. The van der Waals surface area contributed by atoms with Gasteiger partial charge in [-0.2, -0.15) is 0 Å². The first-order valence-corrected chi connectivity index (χ1v) is 7.58. The molecule has 20 heavy (non-hydrogen) atoms. The molecule has 1 aliphatic rings. The van der Waals surface area contributed by atoms with Crippen LogP contribution in [0.1, 0.15) is 37.4 Å². The lowest BCUT2D eigenvalue weighted by molar-refractivity contribution is 0.0142. The first-order valence-electron chi connectivity index (χ1n) is 7.58. The Hall–Kier alpha value is -1.10. The van der Waals surface area contributed by atoms with E-state index < -0.39 is 12.2 Å². The molecule has 2 atom stereocenters. The Bertz CT molecular complexity index is 405. The van der Waals surface area contributed by atoms with Crippen molar-refractivity contribution in [2.45, 2.75) is 37.9 Å². The zero-order chi connectivity index (χ0) is 14.4. The fraction of sp³-hybridized carbons (Fsp3) is 0.625. The van der Waals surface area contributed by atoms with E-state index in [1.165, 1.54) is 19.3 Å². The van der Waals surface area contributed by atoms with Crippen LogP contribution in [0.25, 0.3) is 0 Å². The molecule has 0 amide bonds. The summed E-state index contributed by atoms with van der Waals surface area (Å²) in [6.07, 6.45) is 2.69. The van der Waals surface area contributed by atoms with E-state index in [9.17, 15) is 10.2 Å². The second-order valence-corrected chi connectivity index (χ2v) is 5.51. The molecule has 0 aromatic heterocycles. The van der Waals surface area contributed by atoms with Gasteiger partial charge < -0.3 is 20.4 Å². The Morgan fingerprint density at radius 3 is 2.55 bits per heavy atom. The first kappa shape index (κ1) is 15.3. The lowest BCUT2D eigenvalue weighted by Gasteiger charge is -2.32. The zero-order valence-electron chi connectivity index (χ0n) is 12.3. The molecule has 3 N–H and O–H groups in total. The van der Waals surface area contributed by atoms with Gasteiger partial charge in [-0.05, 0) is 45.3 Å². The van der Waals surface area contributed by atoms with E-state index in [1.54, 1.807) is 0 Å². The number of nitrogens with zero attached hydrogens (tertiary/aromatic N) is 1. The smallest absolute Gasteiger partial charge is 0.107 e. The summed E-state index contributed by atoms with van der Waals surface area (Å²) in [5.74, 6) is 0. The Kier molecular flexibility index (Phi) is 5.83. The average Bonchev–Trinajstić information content (AvgIpc) is 2.52. The molecule has 1 aromatic rings. The van der Waals surface area contributed by atoms with E-state index in [2.05, 4.69) is 16.3 Å². The molecule has 4 nitrogen and oxygen atoms in total. The summed E-state index contributed by atoms with van der Waals surface area (Å²) in [6, 6.07) is 7.91. The number of rotatable bonds is 6. The molecule has 2 rings (SSSR count). The monoisotopic (exact) mass is 278 g/mol. The Morgan fingerprint density at radius 2 is 1.85 bits per heavy atom. The highest BCUT2D eigenvalue weighted by atomic mass is 16.3. The molecular weight excluding hydrogens is 252 g/mol. The summed E-state index contributed by atoms with van der Waals surface area (Å²) in [4.78, 5) is 2.33. The van der Waals surface area contributed by atoms with Crippen LogP contribution >= 0.6 is 0 Å². The Balaban J connectivity index is 2.13. The minimum atomic E-state index is -0.818. The van der Waals surface area contributed by atoms with Gasteiger partial charge in [-0.3, -0.25) is 0 Å². The third-order valence-electron chi connectivity index (χ3n) is 4.01. The van der Waals surface area contributed by atoms with Crippen molar-refractivity contribution in [3.05, 3.63) is 29.8 Å². The van der Waals surface area contributed by atoms with Crippen molar-refractivity contribution < 1.29 is 10.2 Å². The molecule has 0 aliphatic carbocycles. The molecule has 0 saturated carbocycles. The highest BCUT2D eigenvalue weighted by Gasteiger charge is 2.23. The molecule has 0 bridgehead atoms. The number of benzene rings is 1. The van der Waals surface area contributed by atoms with Crippen molar-refractivity contribution in [2.24, 2.45) is 0 Å². The maximum atomic E-state index is 10.4. The fourth-order valence-electron chi connectivity index (χ4n) is 2.82. The van der Waals surface area contributed by atoms with Crippen LogP contribution in [-0.2, 0) is 0 Å². The van der Waals surface area contributed by atoms with Gasteiger partial charge in [0.05, 0.1) is 6.10 Å². The summed E-state index contributed by atoms with van der Waals surface area (Å²) in [5, 5.41) is 23.5. The predicted molar refractivity (Wildman–Crippen MR) is 82.0 cm³/mol. The standard InChI is InChI=1S/C16H26N2O2/c1-17-10-9-15(19)16(20)13-7-3-4-8-14(13)18-11-5-2-6-12-18/h3-4,7-8,15-17,19-20H,2,5-6,9-12H2,1H3. The van der Waals surface area contributed by atoms with E-state index >= 15 is 0 Å². The average molecular weight is 278 g/mol. The molecule has 1 fully saturated rings. The van der Waals surface area contributed by atoms with E-state index in [4.69, 9.17) is 0 Å². The maximum Gasteiger partial charge on any atom is 0.107 e. The van der Waals surface area contributed by atoms with Gasteiger partial charge >= 0.3 is 0 Å². The predicted octanol–water partition coefficient (Wildman–Crippen LogP) is 1.68. The van der Waals surface area contributed by atoms with Crippen LogP contribution in [-0.4, -0.2) is 43.0 Å². The van der Waals surface area contributed by atoms with Crippen LogP contribution in [0.5, 0.6) is 0 Å². The number of hydrogen-bond acceptors (Lipinski definition) is 4. The molecule has 1 heterocycles. The molecule has 112 valence electrons. The second kappa shape index (κ2) is 7.62. The molecular formula is C16H26N2O2. The highest BCUT2D eigenvalue weighted by molar-refractivity contribution is 5.55. The van der Waals surface area contributed by atoms with Gasteiger partial charge in [0.25, 0.3) is 0 Å². The van der Waals surface area contributed by atoms with Gasteiger partial charge in [0, 0.05) is 24.3 Å². The number of nitrogens with one attached hydrogen (secondary N) is 1. The lowest BCUT2D eigenvalue weighted by Crippen LogP contribution is -2.32. The number of para-hydroxylation sites is 1. The molecule has 0 radical (unpaired) electrons. The summed E-state index contributed by atoms with van der Waals surface area (Å²) < 4.78 is 0. The van der Waals surface area contributed by atoms with Gasteiger partial charge in [-0.15, -0.1) is 0 Å². The third kappa shape index (κ3) is 3.72. The third-order valence-corrected chi connectivity index (χ3v) is 4.01. The quantitative estimate of drug-likeness (QED) is 0.741. The molecule has 2 unspecified atom stereocenters. The number of anilines is 1. The number of aliphatic hydroxyl groups excluding tert-OH is 2. The maximum absolute atomic E-state index is 10.4. The molecule has 1 aromatic carbocycles. The number of hydrogen-bond donors (Lipinski definition) is 3. The fourth-order valence-corrected chi connectivity index (χ4v) is 2.82. The van der Waals surface area contributed by atoms with Crippen molar-refractivity contribution in [3.8, 4) is 0 Å². The van der Waals surface area contributed by atoms with Crippen molar-refractivity contribution in [3.63, 3.8) is 0 Å². The lowest BCUT2D eigenvalue weighted by atomic mass is 9.98. The van der Waals surface area contributed by atoms with Crippen LogP contribution in [0.15, 0.2) is 24.3 Å². The summed E-state index contributed by atoms with van der Waals surface area (Å²) >= 11 is 0. The first-order chi connectivity index (χ1) is 9.74. The molecule has 1 aliphatic heterocycles. The van der Waals surface area contributed by atoms with Crippen molar-refractivity contribution in [1.29, 1.82) is 0 Å². The summed E-state index contributed by atoms with van der Waals surface area (Å²) in [5.41, 5.74) is 1.92. The van der Waals surface area contributed by atoms with E-state index in [0.29, 0.717) is 13.0 Å². The molecule has 4 heteroatoms. The largest absolute Gasteiger partial charge is 0.390 e. The van der Waals surface area contributed by atoms with Crippen molar-refractivity contribution in [2.75, 3.05) is 31.6 Å². The van der Waals surface area contributed by atoms with Gasteiger partial charge in [0.2, 0.25) is 0 Å². The van der Waals surface area contributed by atoms with Gasteiger partial charge in [-0.1, -0.05) is 18.2 Å². The number of aliphatic hydroxyl groups is 2. The SMILES string of the molecule is CNCCC(O)C(O)c1ccccc1N1CCCCC1. The Labute approximate surface area is 121 Å². The zero-order valence-corrected chi connectivity index (χ0v) is 12.3. The van der Waals surface area contributed by atoms with E-state index in [1.807, 2.05) is 25.2 Å². The minimum absolute atomic E-state index is 0.548. The number of piperidine rings is 1. The highest BCUT2D eigenvalue weighted by Crippen LogP contribution is 2.30. The molecule has 1 saturated heterocycles.